The third-order valence-electron chi connectivity index (χ3n) is 2.87. The van der Waals surface area contributed by atoms with Gasteiger partial charge in [-0.1, -0.05) is 27.5 Å². The van der Waals surface area contributed by atoms with E-state index in [2.05, 4.69) is 25.6 Å². The van der Waals surface area contributed by atoms with E-state index in [4.69, 9.17) is 11.6 Å². The monoisotopic (exact) mass is 405 g/mol. The van der Waals surface area contributed by atoms with Gasteiger partial charge in [0.05, 0.1) is 5.69 Å². The lowest BCUT2D eigenvalue weighted by Gasteiger charge is -2.10. The second-order valence-electron chi connectivity index (χ2n) is 4.33. The van der Waals surface area contributed by atoms with Gasteiger partial charge < -0.3 is 0 Å². The first-order valence-corrected chi connectivity index (χ1v) is 9.32. The molecule has 2 heterocycles. The Hall–Kier alpha value is -1.09. The molecule has 0 aliphatic heterocycles. The molecule has 0 aliphatic carbocycles. The van der Waals surface area contributed by atoms with E-state index < -0.39 is 10.0 Å². The van der Waals surface area contributed by atoms with E-state index in [-0.39, 0.29) is 10.2 Å². The quantitative estimate of drug-likeness (QED) is 0.717. The van der Waals surface area contributed by atoms with E-state index in [1.54, 1.807) is 23.7 Å². The predicted octanol–water partition coefficient (Wildman–Crippen LogP) is 3.92. The molecular weight excluding hydrogens is 398 g/mol. The van der Waals surface area contributed by atoms with Gasteiger partial charge >= 0.3 is 0 Å². The van der Waals surface area contributed by atoms with Gasteiger partial charge in [-0.2, -0.15) is 8.42 Å². The average molecular weight is 407 g/mol. The smallest absolute Gasteiger partial charge is 0.278 e. The Morgan fingerprint density at radius 2 is 2.19 bits per heavy atom. The first kappa shape index (κ1) is 14.8. The van der Waals surface area contributed by atoms with Crippen LogP contribution < -0.4 is 4.72 Å². The lowest BCUT2D eigenvalue weighted by molar-refractivity contribution is 0.596. The maximum atomic E-state index is 12.6. The van der Waals surface area contributed by atoms with Gasteiger partial charge in [0.25, 0.3) is 10.0 Å². The van der Waals surface area contributed by atoms with E-state index in [0.29, 0.717) is 10.6 Å². The van der Waals surface area contributed by atoms with E-state index >= 15 is 0 Å². The number of nitrogens with zero attached hydrogens (tertiary/aromatic N) is 2. The van der Waals surface area contributed by atoms with E-state index in [0.717, 1.165) is 10.0 Å². The van der Waals surface area contributed by atoms with Gasteiger partial charge in [0, 0.05) is 16.0 Å². The molecule has 0 saturated heterocycles. The number of hydrogen-bond donors (Lipinski definition) is 1. The highest BCUT2D eigenvalue weighted by Gasteiger charge is 2.25. The molecule has 1 N–H and O–H groups in total. The molecule has 0 spiro atoms. The highest BCUT2D eigenvalue weighted by Crippen LogP contribution is 2.28. The summed E-state index contributed by atoms with van der Waals surface area (Å²) in [6.45, 7) is 1.82. The summed E-state index contributed by atoms with van der Waals surface area (Å²) in [5, 5.41) is 1.66. The second-order valence-corrected chi connectivity index (χ2v) is 8.07. The van der Waals surface area contributed by atoms with Gasteiger partial charge in [0.1, 0.15) is 0 Å². The average Bonchev–Trinajstić information content (AvgIpc) is 2.91. The zero-order chi connectivity index (χ0) is 15.2. The molecule has 0 amide bonds. The zero-order valence-electron chi connectivity index (χ0n) is 10.7. The molecule has 3 rings (SSSR count). The van der Waals surface area contributed by atoms with Crippen molar-refractivity contribution in [3.63, 3.8) is 0 Å². The fourth-order valence-electron chi connectivity index (χ4n) is 1.91. The molecule has 9 heteroatoms. The summed E-state index contributed by atoms with van der Waals surface area (Å²) in [6, 6.07) is 5.29. The van der Waals surface area contributed by atoms with Crippen LogP contribution in [0.25, 0.3) is 4.96 Å². The van der Waals surface area contributed by atoms with Gasteiger partial charge in [0.15, 0.2) is 15.1 Å². The Balaban J connectivity index is 2.08. The van der Waals surface area contributed by atoms with Gasteiger partial charge in [-0.3, -0.25) is 9.12 Å². The van der Waals surface area contributed by atoms with Crippen molar-refractivity contribution < 1.29 is 8.42 Å². The number of fused-ring (bicyclic) bond motifs is 1. The first-order valence-electron chi connectivity index (χ1n) is 5.78. The Morgan fingerprint density at radius 1 is 1.43 bits per heavy atom. The maximum Gasteiger partial charge on any atom is 0.281 e. The van der Waals surface area contributed by atoms with E-state index in [1.807, 2.05) is 13.0 Å². The van der Waals surface area contributed by atoms with E-state index in [9.17, 15) is 8.42 Å². The molecule has 0 aliphatic rings. The van der Waals surface area contributed by atoms with Crippen LogP contribution >= 0.6 is 38.9 Å². The molecule has 0 atom stereocenters. The van der Waals surface area contributed by atoms with Crippen molar-refractivity contribution in [3.05, 3.63) is 45.0 Å². The van der Waals surface area contributed by atoms with Gasteiger partial charge in [-0.05, 0) is 30.7 Å². The largest absolute Gasteiger partial charge is 0.281 e. The summed E-state index contributed by atoms with van der Waals surface area (Å²) in [5.41, 5.74) is 1.30. The Labute approximate surface area is 138 Å². The number of rotatable bonds is 3. The van der Waals surface area contributed by atoms with Gasteiger partial charge in [0.2, 0.25) is 0 Å². The molecule has 5 nitrogen and oxygen atoms in total. The van der Waals surface area contributed by atoms with Crippen molar-refractivity contribution in [2.75, 3.05) is 4.72 Å². The second kappa shape index (κ2) is 5.28. The number of anilines is 1. The first-order chi connectivity index (χ1) is 9.88. The zero-order valence-corrected chi connectivity index (χ0v) is 14.6. The fourth-order valence-corrected chi connectivity index (χ4v) is 4.98. The fraction of sp³-hybridized carbons (Fsp3) is 0.0833. The summed E-state index contributed by atoms with van der Waals surface area (Å²) in [6.07, 6.45) is 1.63. The SMILES string of the molecule is Cc1cc(Br)ccc1NS(=O)(=O)c1c(Cl)nc2sccn12. The summed E-state index contributed by atoms with van der Waals surface area (Å²) in [5.74, 6) is 0. The van der Waals surface area contributed by atoms with Crippen molar-refractivity contribution in [1.29, 1.82) is 0 Å². The molecule has 0 bridgehead atoms. The van der Waals surface area contributed by atoms with Crippen molar-refractivity contribution >= 4 is 59.5 Å². The van der Waals surface area contributed by atoms with Crippen molar-refractivity contribution in [1.82, 2.24) is 9.38 Å². The molecule has 3 aromatic rings. The Morgan fingerprint density at radius 3 is 2.90 bits per heavy atom. The molecule has 21 heavy (non-hydrogen) atoms. The molecule has 110 valence electrons. The highest BCUT2D eigenvalue weighted by atomic mass is 79.9. The van der Waals surface area contributed by atoms with E-state index in [1.165, 1.54) is 15.7 Å². The third kappa shape index (κ3) is 2.68. The number of halogens is 2. The number of aryl methyl sites for hydroxylation is 1. The molecule has 0 fully saturated rings. The number of imidazole rings is 1. The van der Waals surface area contributed by atoms with Crippen LogP contribution in [0.5, 0.6) is 0 Å². The molecule has 0 radical (unpaired) electrons. The lowest BCUT2D eigenvalue weighted by Crippen LogP contribution is -2.16. The Kier molecular flexibility index (Phi) is 3.73. The summed E-state index contributed by atoms with van der Waals surface area (Å²) in [7, 11) is -3.82. The third-order valence-corrected chi connectivity index (χ3v) is 5.88. The lowest BCUT2D eigenvalue weighted by atomic mass is 10.2. The minimum absolute atomic E-state index is 0.0379. The van der Waals surface area contributed by atoms with Crippen LogP contribution in [0.15, 0.2) is 39.3 Å². The minimum atomic E-state index is -3.82. The number of sulfonamides is 1. The van der Waals surface area contributed by atoms with Gasteiger partial charge in [-0.25, -0.2) is 4.98 Å². The topological polar surface area (TPSA) is 63.5 Å². The number of benzene rings is 1. The molecule has 1 aromatic carbocycles. The van der Waals surface area contributed by atoms with Crippen LogP contribution in [-0.2, 0) is 10.0 Å². The van der Waals surface area contributed by atoms with Crippen molar-refractivity contribution in [2.45, 2.75) is 11.9 Å². The van der Waals surface area contributed by atoms with Crippen LogP contribution in [0.3, 0.4) is 0 Å². The molecule has 2 aromatic heterocycles. The predicted molar refractivity (Wildman–Crippen MR) is 87.8 cm³/mol. The van der Waals surface area contributed by atoms with Gasteiger partial charge in [-0.15, -0.1) is 11.3 Å². The number of nitrogens with one attached hydrogen (secondary N) is 1. The van der Waals surface area contributed by atoms with Crippen LogP contribution in [0, 0.1) is 6.92 Å². The van der Waals surface area contributed by atoms with Crippen molar-refractivity contribution in [2.24, 2.45) is 0 Å². The van der Waals surface area contributed by atoms with Crippen LogP contribution in [0.4, 0.5) is 5.69 Å². The van der Waals surface area contributed by atoms with Crippen molar-refractivity contribution in [3.8, 4) is 0 Å². The van der Waals surface area contributed by atoms with Crippen LogP contribution in [0.2, 0.25) is 5.15 Å². The Bertz CT molecular complexity index is 933. The summed E-state index contributed by atoms with van der Waals surface area (Å²) < 4.78 is 30.0. The number of thiazole rings is 1. The van der Waals surface area contributed by atoms with Crippen LogP contribution in [0.1, 0.15) is 5.56 Å². The number of aromatic nitrogens is 2. The number of hydrogen-bond acceptors (Lipinski definition) is 4. The van der Waals surface area contributed by atoms with Crippen LogP contribution in [-0.4, -0.2) is 17.8 Å². The maximum absolute atomic E-state index is 12.6. The normalized spacial score (nSPS) is 12.0. The molecule has 0 unspecified atom stereocenters. The molecule has 0 saturated carbocycles. The molecular formula is C12H9BrClN3O2S2. The summed E-state index contributed by atoms with van der Waals surface area (Å²) >= 11 is 10.6. The highest BCUT2D eigenvalue weighted by molar-refractivity contribution is 9.10. The standard InChI is InChI=1S/C12H9BrClN3O2S2/c1-7-6-8(13)2-3-9(7)16-21(18,19)11-10(14)15-12-17(11)4-5-20-12/h2-6,16H,1H3. The minimum Gasteiger partial charge on any atom is -0.278 e. The summed E-state index contributed by atoms with van der Waals surface area (Å²) in [4.78, 5) is 4.57.